The summed E-state index contributed by atoms with van der Waals surface area (Å²) in [5, 5.41) is 6.73. The van der Waals surface area contributed by atoms with Crippen LogP contribution in [0, 0.1) is 0 Å². The number of carbonyl (C=O) groups is 1. The second kappa shape index (κ2) is 6.04. The van der Waals surface area contributed by atoms with Crippen molar-refractivity contribution in [3.8, 4) is 0 Å². The zero-order chi connectivity index (χ0) is 10.4. The van der Waals surface area contributed by atoms with Gasteiger partial charge in [0.25, 0.3) is 5.91 Å². The Kier molecular flexibility index (Phi) is 4.98. The van der Waals surface area contributed by atoms with E-state index in [1.54, 1.807) is 0 Å². The fraction of sp³-hybridized carbons (Fsp3) is 0.500. The van der Waals surface area contributed by atoms with E-state index in [0.717, 1.165) is 18.4 Å². The molecule has 1 amide bonds. The molecule has 0 aliphatic rings. The molecule has 1 aromatic rings. The zero-order valence-electron chi connectivity index (χ0n) is 8.13. The van der Waals surface area contributed by atoms with E-state index in [1.807, 2.05) is 23.8 Å². The molecular weight excluding hydrogens is 218 g/mol. The predicted octanol–water partition coefficient (Wildman–Crippen LogP) is 2.89. The third kappa shape index (κ3) is 3.68. The van der Waals surface area contributed by atoms with E-state index in [1.165, 1.54) is 11.3 Å². The fourth-order valence-corrected chi connectivity index (χ4v) is 1.79. The van der Waals surface area contributed by atoms with Crippen molar-refractivity contribution >= 4 is 28.8 Å². The molecule has 0 saturated heterocycles. The van der Waals surface area contributed by atoms with Crippen LogP contribution >= 0.6 is 22.9 Å². The van der Waals surface area contributed by atoms with Gasteiger partial charge in [-0.1, -0.05) is 6.92 Å². The van der Waals surface area contributed by atoms with Gasteiger partial charge in [0, 0.05) is 22.9 Å². The highest BCUT2D eigenvalue weighted by Crippen LogP contribution is 2.07. The topological polar surface area (TPSA) is 29.1 Å². The molecule has 0 saturated carbocycles. The Labute approximate surface area is 93.3 Å². The van der Waals surface area contributed by atoms with Crippen LogP contribution in [-0.2, 0) is 0 Å². The Hall–Kier alpha value is -0.540. The average molecular weight is 232 g/mol. The maximum absolute atomic E-state index is 11.4. The van der Waals surface area contributed by atoms with Gasteiger partial charge >= 0.3 is 0 Å². The molecule has 0 fully saturated rings. The van der Waals surface area contributed by atoms with Crippen molar-refractivity contribution in [1.29, 1.82) is 0 Å². The van der Waals surface area contributed by atoms with Crippen LogP contribution in [0.15, 0.2) is 16.8 Å². The molecular formula is C10H14ClNOS. The zero-order valence-corrected chi connectivity index (χ0v) is 9.70. The minimum atomic E-state index is -0.00813. The van der Waals surface area contributed by atoms with Crippen LogP contribution in [0.2, 0.25) is 0 Å². The molecule has 1 unspecified atom stereocenters. The average Bonchev–Trinajstić information content (AvgIpc) is 2.70. The van der Waals surface area contributed by atoms with E-state index in [2.05, 4.69) is 5.32 Å². The Morgan fingerprint density at radius 2 is 2.50 bits per heavy atom. The van der Waals surface area contributed by atoms with Crippen molar-refractivity contribution in [3.05, 3.63) is 22.4 Å². The smallest absolute Gasteiger partial charge is 0.252 e. The molecule has 1 aromatic heterocycles. The number of halogens is 1. The Bertz CT molecular complexity index is 274. The van der Waals surface area contributed by atoms with Crippen molar-refractivity contribution in [3.63, 3.8) is 0 Å². The third-order valence-electron chi connectivity index (χ3n) is 1.97. The molecule has 0 radical (unpaired) electrons. The number of hydrogen-bond acceptors (Lipinski definition) is 2. The van der Waals surface area contributed by atoms with Gasteiger partial charge in [-0.25, -0.2) is 0 Å². The molecule has 0 bridgehead atoms. The third-order valence-corrected chi connectivity index (χ3v) is 3.18. The predicted molar refractivity (Wildman–Crippen MR) is 61.2 cm³/mol. The lowest BCUT2D eigenvalue weighted by Gasteiger charge is -2.06. The van der Waals surface area contributed by atoms with Gasteiger partial charge in [-0.15, -0.1) is 11.6 Å². The van der Waals surface area contributed by atoms with E-state index in [0.29, 0.717) is 6.54 Å². The summed E-state index contributed by atoms with van der Waals surface area (Å²) in [7, 11) is 0. The molecule has 1 rings (SSSR count). The molecule has 1 heterocycles. The number of rotatable bonds is 5. The molecule has 78 valence electrons. The number of carbonyl (C=O) groups excluding carboxylic acids is 1. The van der Waals surface area contributed by atoms with Crippen LogP contribution in [-0.4, -0.2) is 17.8 Å². The number of amides is 1. The van der Waals surface area contributed by atoms with Crippen molar-refractivity contribution in [2.45, 2.75) is 25.1 Å². The van der Waals surface area contributed by atoms with Gasteiger partial charge < -0.3 is 5.32 Å². The van der Waals surface area contributed by atoms with Gasteiger partial charge in [-0.2, -0.15) is 11.3 Å². The van der Waals surface area contributed by atoms with Crippen molar-refractivity contribution < 1.29 is 4.79 Å². The van der Waals surface area contributed by atoms with Crippen LogP contribution in [0.3, 0.4) is 0 Å². The van der Waals surface area contributed by atoms with Crippen molar-refractivity contribution in [2.75, 3.05) is 6.54 Å². The molecule has 0 aliphatic heterocycles. The van der Waals surface area contributed by atoms with Gasteiger partial charge in [0.15, 0.2) is 0 Å². The fourth-order valence-electron chi connectivity index (χ4n) is 1.04. The summed E-state index contributed by atoms with van der Waals surface area (Å²) in [5.74, 6) is -0.00813. The summed E-state index contributed by atoms with van der Waals surface area (Å²) in [6.45, 7) is 2.69. The first kappa shape index (κ1) is 11.5. The molecule has 1 N–H and O–H groups in total. The summed E-state index contributed by atoms with van der Waals surface area (Å²) < 4.78 is 0. The van der Waals surface area contributed by atoms with Gasteiger partial charge in [0.1, 0.15) is 0 Å². The van der Waals surface area contributed by atoms with Crippen LogP contribution in [0.5, 0.6) is 0 Å². The van der Waals surface area contributed by atoms with Gasteiger partial charge in [0.05, 0.1) is 0 Å². The van der Waals surface area contributed by atoms with Crippen molar-refractivity contribution in [1.82, 2.24) is 5.32 Å². The number of thiophene rings is 1. The van der Waals surface area contributed by atoms with E-state index in [4.69, 9.17) is 11.6 Å². The van der Waals surface area contributed by atoms with E-state index < -0.39 is 0 Å². The van der Waals surface area contributed by atoms with E-state index in [9.17, 15) is 4.79 Å². The normalized spacial score (nSPS) is 12.4. The SMILES string of the molecule is CCC(Cl)CCNC(=O)c1ccsc1. The largest absolute Gasteiger partial charge is 0.352 e. The van der Waals surface area contributed by atoms with Gasteiger partial charge in [-0.3, -0.25) is 4.79 Å². The number of hydrogen-bond donors (Lipinski definition) is 1. The molecule has 0 aliphatic carbocycles. The first-order chi connectivity index (χ1) is 6.74. The van der Waals surface area contributed by atoms with Crippen LogP contribution in [0.4, 0.5) is 0 Å². The highest BCUT2D eigenvalue weighted by Gasteiger charge is 2.06. The van der Waals surface area contributed by atoms with Gasteiger partial charge in [0.2, 0.25) is 0 Å². The molecule has 14 heavy (non-hydrogen) atoms. The monoisotopic (exact) mass is 231 g/mol. The van der Waals surface area contributed by atoms with Crippen LogP contribution in [0.25, 0.3) is 0 Å². The lowest BCUT2D eigenvalue weighted by atomic mass is 10.2. The lowest BCUT2D eigenvalue weighted by molar-refractivity contribution is 0.0953. The second-order valence-corrected chi connectivity index (χ2v) is 4.46. The van der Waals surface area contributed by atoms with Crippen LogP contribution < -0.4 is 5.32 Å². The molecule has 1 atom stereocenters. The van der Waals surface area contributed by atoms with Crippen LogP contribution in [0.1, 0.15) is 30.1 Å². The van der Waals surface area contributed by atoms with Crippen molar-refractivity contribution in [2.24, 2.45) is 0 Å². The molecule has 0 spiro atoms. The molecule has 2 nitrogen and oxygen atoms in total. The lowest BCUT2D eigenvalue weighted by Crippen LogP contribution is -2.25. The highest BCUT2D eigenvalue weighted by atomic mass is 35.5. The summed E-state index contributed by atoms with van der Waals surface area (Å²) >= 11 is 7.45. The number of alkyl halides is 1. The minimum Gasteiger partial charge on any atom is -0.352 e. The van der Waals surface area contributed by atoms with E-state index >= 15 is 0 Å². The van der Waals surface area contributed by atoms with Gasteiger partial charge in [-0.05, 0) is 24.3 Å². The standard InChI is InChI=1S/C10H14ClNOS/c1-2-9(11)3-5-12-10(13)8-4-6-14-7-8/h4,6-7,9H,2-3,5H2,1H3,(H,12,13). The first-order valence-corrected chi connectivity index (χ1v) is 6.06. The minimum absolute atomic E-state index is 0.00813. The maximum Gasteiger partial charge on any atom is 0.252 e. The Balaban J connectivity index is 2.23. The summed E-state index contributed by atoms with van der Waals surface area (Å²) in [6.07, 6.45) is 1.77. The summed E-state index contributed by atoms with van der Waals surface area (Å²) in [5.41, 5.74) is 0.734. The molecule has 4 heteroatoms. The second-order valence-electron chi connectivity index (χ2n) is 3.06. The van der Waals surface area contributed by atoms with E-state index in [-0.39, 0.29) is 11.3 Å². The maximum atomic E-state index is 11.4. The molecule has 0 aromatic carbocycles. The summed E-state index contributed by atoms with van der Waals surface area (Å²) in [6, 6.07) is 1.82. The Morgan fingerprint density at radius 1 is 1.71 bits per heavy atom. The Morgan fingerprint density at radius 3 is 3.07 bits per heavy atom. The number of nitrogens with one attached hydrogen (secondary N) is 1. The quantitative estimate of drug-likeness (QED) is 0.776. The highest BCUT2D eigenvalue weighted by molar-refractivity contribution is 7.08. The first-order valence-electron chi connectivity index (χ1n) is 4.68. The summed E-state index contributed by atoms with van der Waals surface area (Å²) in [4.78, 5) is 11.4.